The molecule has 0 radical (unpaired) electrons. The van der Waals surface area contributed by atoms with Gasteiger partial charge in [0.15, 0.2) is 0 Å². The van der Waals surface area contributed by atoms with Gasteiger partial charge in [0.25, 0.3) is 0 Å². The van der Waals surface area contributed by atoms with E-state index in [9.17, 15) is 43.2 Å². The number of carbonyl (C=O) groups is 7. The quantitative estimate of drug-likeness (QED) is 0.0251. The van der Waals surface area contributed by atoms with E-state index in [1.165, 1.54) is 29.9 Å². The first-order valence-corrected chi connectivity index (χ1v) is 27.9. The monoisotopic (exact) mass is 1130 g/mol. The van der Waals surface area contributed by atoms with Crippen molar-refractivity contribution < 1.29 is 73.6 Å². The van der Waals surface area contributed by atoms with Gasteiger partial charge in [-0.3, -0.25) is 38.1 Å². The van der Waals surface area contributed by atoms with Gasteiger partial charge in [-0.05, 0) is 91.5 Å². The Morgan fingerprint density at radius 3 is 2.01 bits per heavy atom. The van der Waals surface area contributed by atoms with E-state index in [2.05, 4.69) is 65.8 Å². The minimum Gasteiger partial charge on any atom is -0.396 e. The number of aromatic nitrogens is 2. The van der Waals surface area contributed by atoms with Gasteiger partial charge in [0.2, 0.25) is 41.4 Å². The van der Waals surface area contributed by atoms with Gasteiger partial charge < -0.3 is 77.4 Å². The fourth-order valence-electron chi connectivity index (χ4n) is 7.25. The molecule has 14 N–H and O–H groups in total. The first-order chi connectivity index (χ1) is 36.0. The van der Waals surface area contributed by atoms with E-state index < -0.39 is 97.5 Å². The molecule has 27 heteroatoms. The predicted molar refractivity (Wildman–Crippen MR) is 293 cm³/mol. The highest BCUT2D eigenvalue weighted by Crippen LogP contribution is 2.38. The van der Waals surface area contributed by atoms with Crippen LogP contribution >= 0.6 is 20.5 Å². The number of hydrogen-bond donors (Lipinski definition) is 13. The first-order valence-electron chi connectivity index (χ1n) is 25.7. The first kappa shape index (κ1) is 70.0. The van der Waals surface area contributed by atoms with E-state index >= 15 is 0 Å². The van der Waals surface area contributed by atoms with Crippen LogP contribution in [0.3, 0.4) is 0 Å². The minimum absolute atomic E-state index is 0. The maximum Gasteiger partial charge on any atom is 0.469 e. The average Bonchev–Trinajstić information content (AvgIpc) is 3.87. The Morgan fingerprint density at radius 1 is 0.857 bits per heavy atom. The van der Waals surface area contributed by atoms with Crippen LogP contribution in [0.5, 0.6) is 0 Å². The summed E-state index contributed by atoms with van der Waals surface area (Å²) in [6.07, 6.45) is 5.00. The lowest BCUT2D eigenvalue weighted by Gasteiger charge is -2.33. The molecule has 25 nitrogen and oxygen atoms in total. The molecule has 0 fully saturated rings. The molecule has 0 aliphatic rings. The summed E-state index contributed by atoms with van der Waals surface area (Å²) in [6, 6.07) is 2.42. The normalized spacial score (nSPS) is 14.5. The van der Waals surface area contributed by atoms with Gasteiger partial charge in [0.1, 0.15) is 30.2 Å². The summed E-state index contributed by atoms with van der Waals surface area (Å²) >= 11 is 4.04. The van der Waals surface area contributed by atoms with Crippen LogP contribution in [-0.2, 0) is 65.0 Å². The number of nitrogens with two attached hydrogens (primary N) is 2. The molecular weight excluding hydrogens is 1040 g/mol. The molecule has 77 heavy (non-hydrogen) atoms. The largest absolute Gasteiger partial charge is 0.469 e. The fraction of sp³-hybridized carbons (Fsp3) is 0.680. The minimum atomic E-state index is -5.12. The summed E-state index contributed by atoms with van der Waals surface area (Å²) in [5.74, 6) is -5.45. The Bertz CT molecular complexity index is 2160. The third-order valence-electron chi connectivity index (χ3n) is 11.7. The topological polar surface area (TPSA) is 389 Å². The lowest BCUT2D eigenvalue weighted by Crippen LogP contribution is -2.61. The second-order valence-electron chi connectivity index (χ2n) is 20.1. The molecule has 1 unspecified atom stereocenters. The number of nitrogens with one attached hydrogen (secondary N) is 6. The predicted octanol–water partition coefficient (Wildman–Crippen LogP) is 0.531. The number of amides is 7. The number of phosphoric ester groups is 1. The van der Waals surface area contributed by atoms with Gasteiger partial charge in [-0.1, -0.05) is 51.1 Å². The summed E-state index contributed by atoms with van der Waals surface area (Å²) in [7, 11) is -5.12. The van der Waals surface area contributed by atoms with Crippen LogP contribution in [0.1, 0.15) is 114 Å². The van der Waals surface area contributed by atoms with Crippen LogP contribution in [0.25, 0.3) is 0 Å². The lowest BCUT2D eigenvalue weighted by atomic mass is 10.0. The Morgan fingerprint density at radius 2 is 1.47 bits per heavy atom. The highest BCUT2D eigenvalue weighted by molar-refractivity contribution is 7.80. The Kier molecular flexibility index (Phi) is 32.3. The molecule has 7 atom stereocenters. The van der Waals surface area contributed by atoms with Crippen LogP contribution in [0.15, 0.2) is 42.9 Å². The van der Waals surface area contributed by atoms with Crippen molar-refractivity contribution in [2.24, 2.45) is 17.4 Å². The number of primary amides is 1. The van der Waals surface area contributed by atoms with E-state index in [-0.39, 0.29) is 63.9 Å². The van der Waals surface area contributed by atoms with Crippen molar-refractivity contribution in [2.75, 3.05) is 45.3 Å². The number of aliphatic hydroxyl groups is 2. The number of unbranched alkanes of at least 4 members (excludes halogenated alkanes) is 1. The van der Waals surface area contributed by atoms with E-state index in [0.29, 0.717) is 31.7 Å². The van der Waals surface area contributed by atoms with Crippen LogP contribution < -0.4 is 38.1 Å². The van der Waals surface area contributed by atoms with E-state index in [4.69, 9.17) is 35.8 Å². The number of hydrogen-bond acceptors (Lipinski definition) is 16. The van der Waals surface area contributed by atoms with Crippen molar-refractivity contribution in [3.63, 3.8) is 0 Å². The molecule has 1 aromatic heterocycles. The number of ether oxygens (including phenoxy) is 2. The molecule has 440 valence electrons. The van der Waals surface area contributed by atoms with Crippen molar-refractivity contribution in [1.29, 1.82) is 0 Å². The maximum atomic E-state index is 14.0. The molecule has 1 aromatic carbocycles. The molecule has 0 spiro atoms. The molecule has 0 saturated heterocycles. The zero-order chi connectivity index (χ0) is 58.5. The van der Waals surface area contributed by atoms with Crippen LogP contribution in [0.4, 0.5) is 0 Å². The maximum absolute atomic E-state index is 14.0. The number of H-pyrrole nitrogens is 1. The number of carbonyl (C=O) groups excluding carboxylic acids is 7. The summed E-state index contributed by atoms with van der Waals surface area (Å²) in [5.41, 5.74) is 11.3. The van der Waals surface area contributed by atoms with Crippen molar-refractivity contribution in [2.45, 2.75) is 167 Å². The zero-order valence-electron chi connectivity index (χ0n) is 46.0. The number of aliphatic hydroxyl groups excluding tert-OH is 2. The number of phosphoric acid groups is 1. The molecule has 2 aromatic rings. The van der Waals surface area contributed by atoms with Gasteiger partial charge in [0.05, 0.1) is 55.9 Å². The number of aryl methyl sites for hydroxylation is 1. The van der Waals surface area contributed by atoms with Crippen molar-refractivity contribution in [1.82, 2.24) is 41.5 Å². The number of rotatable bonds is 36. The number of imidazole rings is 1. The van der Waals surface area contributed by atoms with E-state index in [1.54, 1.807) is 0 Å². The second kappa shape index (κ2) is 35.5. The zero-order valence-corrected chi connectivity index (χ0v) is 47.8. The van der Waals surface area contributed by atoms with Crippen LogP contribution in [-0.4, -0.2) is 175 Å². The van der Waals surface area contributed by atoms with E-state index in [0.717, 1.165) is 26.2 Å². The van der Waals surface area contributed by atoms with Crippen LogP contribution in [0.2, 0.25) is 0 Å². The molecule has 0 aliphatic heterocycles. The number of nitrogens with zero attached hydrogens (tertiary/aromatic N) is 2. The number of thiol groups is 1. The van der Waals surface area contributed by atoms with Gasteiger partial charge in [0, 0.05) is 45.2 Å². The smallest absolute Gasteiger partial charge is 0.396 e. The number of benzene rings is 1. The molecule has 0 bridgehead atoms. The van der Waals surface area contributed by atoms with Gasteiger partial charge in [-0.2, -0.15) is 12.6 Å². The molecule has 1 heterocycles. The molecule has 0 saturated carbocycles. The van der Waals surface area contributed by atoms with Crippen molar-refractivity contribution in [3.05, 3.63) is 54.1 Å². The standard InChI is InChI=1S/C40H73N10O14PS.C10H14O.H2/c1-10-14-50(31(52)11-15-62-40(8,9)21-63-39(6,7)12-13-44-35(55)27(41)20-66)24(4)34(54)46-28(16-23(2)3)36(56)47-29(17-26-18-43-22-45-26)37(57)48-30(19-51)38(58)49-32(33(42)53)25(5)64-65(59,60)61;11-9-5-4-8-10-6-2-1-3-7-10;/h18,22-25,27-30,32,51,66H,10-17,19-21,41H2,1-9H3,(H2,42,53)(H,43,45)(H,44,55)(H,46,54)(H,47,56)(H,48,57)(H,49,58)(H2,59,60,61);1-3,6-7,11H,4-5,8-9H2;1H/t24-,25?,27-,28-,29-,30-,32-;;/m0../s1. The molecule has 7 amide bonds. The van der Waals surface area contributed by atoms with Crippen molar-refractivity contribution >= 4 is 61.8 Å². The number of aromatic amines is 1. The second-order valence-corrected chi connectivity index (χ2v) is 21.7. The van der Waals surface area contributed by atoms with Gasteiger partial charge in [-0.15, -0.1) is 0 Å². The third kappa shape index (κ3) is 29.0. The van der Waals surface area contributed by atoms with Crippen molar-refractivity contribution in [3.8, 4) is 0 Å². The average molecular weight is 1130 g/mol. The molecular formula is C50H89N10O15PS. The SMILES string of the molecule is CCCN(C(=O)CCOC(C)(C)COC(C)(C)CCNC(=O)[C@@H](N)CS)[C@@H](C)C(=O)N[C@@H](CC(C)C)C(=O)N[C@@H](Cc1cnc[nH]1)C(=O)N[C@@H](CO)C(=O)N[C@H](C(N)=O)C(C)OP(=O)(O)O.OCCCCc1ccccc1.[HH]. The Balaban J connectivity index is 0.00000436. The van der Waals surface area contributed by atoms with Crippen LogP contribution in [0, 0.1) is 5.92 Å². The third-order valence-corrected chi connectivity index (χ3v) is 12.7. The summed E-state index contributed by atoms with van der Waals surface area (Å²) in [4.78, 5) is 119. The summed E-state index contributed by atoms with van der Waals surface area (Å²) in [6.45, 7) is 15.4. The molecule has 2 rings (SSSR count). The van der Waals surface area contributed by atoms with Gasteiger partial charge in [-0.25, -0.2) is 9.55 Å². The summed E-state index contributed by atoms with van der Waals surface area (Å²) in [5, 5.41) is 31.0. The fourth-order valence-corrected chi connectivity index (χ4v) is 7.98. The van der Waals surface area contributed by atoms with Gasteiger partial charge >= 0.3 is 7.82 Å². The lowest BCUT2D eigenvalue weighted by molar-refractivity contribution is -0.145. The summed E-state index contributed by atoms with van der Waals surface area (Å²) < 4.78 is 27.9. The highest BCUT2D eigenvalue weighted by atomic mass is 32.1. The Labute approximate surface area is 459 Å². The van der Waals surface area contributed by atoms with E-state index in [1.807, 2.05) is 66.7 Å². The Hall–Kier alpha value is -5.02. The highest BCUT2D eigenvalue weighted by Gasteiger charge is 2.36. The molecule has 0 aliphatic carbocycles.